The van der Waals surface area contributed by atoms with Gasteiger partial charge in [0, 0.05) is 36.8 Å². The van der Waals surface area contributed by atoms with E-state index in [1.807, 2.05) is 18.7 Å². The summed E-state index contributed by atoms with van der Waals surface area (Å²) in [6.45, 7) is 7.05. The van der Waals surface area contributed by atoms with Gasteiger partial charge in [0.2, 0.25) is 0 Å². The quantitative estimate of drug-likeness (QED) is 0.620. The average Bonchev–Trinajstić information content (AvgIpc) is 3.35. The third kappa shape index (κ3) is 5.07. The highest BCUT2D eigenvalue weighted by Crippen LogP contribution is 2.39. The number of aromatic nitrogens is 1. The maximum atomic E-state index is 13.2. The molecule has 2 fully saturated rings. The molecule has 1 amide bonds. The number of alkyl halides is 3. The fourth-order valence-corrected chi connectivity index (χ4v) is 5.85. The lowest BCUT2D eigenvalue weighted by Gasteiger charge is -2.36. The highest BCUT2D eigenvalue weighted by molar-refractivity contribution is 7.87. The van der Waals surface area contributed by atoms with Crippen molar-refractivity contribution in [2.75, 3.05) is 24.5 Å². The number of hydrogen-bond donors (Lipinski definition) is 2. The molecule has 1 aromatic carbocycles. The number of hydrogen-bond acceptors (Lipinski definition) is 6. The summed E-state index contributed by atoms with van der Waals surface area (Å²) in [6, 6.07) is 7.30. The number of carbonyl (C=O) groups excluding carboxylic acids is 1. The lowest BCUT2D eigenvalue weighted by molar-refractivity contribution is -0.137. The Morgan fingerprint density at radius 1 is 1.11 bits per heavy atom. The summed E-state index contributed by atoms with van der Waals surface area (Å²) < 4.78 is 67.8. The first-order valence-corrected chi connectivity index (χ1v) is 13.2. The van der Waals surface area contributed by atoms with Crippen LogP contribution in [-0.2, 0) is 16.4 Å². The van der Waals surface area contributed by atoms with Gasteiger partial charge in [-0.25, -0.2) is 9.71 Å². The third-order valence-electron chi connectivity index (χ3n) is 7.32. The fraction of sp³-hybridized carbons (Fsp3) is 0.500. The first kappa shape index (κ1) is 26.4. The van der Waals surface area contributed by atoms with Crippen molar-refractivity contribution >= 4 is 21.9 Å². The summed E-state index contributed by atoms with van der Waals surface area (Å²) >= 11 is 0. The molecule has 2 saturated heterocycles. The normalized spacial score (nSPS) is 22.7. The molecular weight excluding hydrogens is 495 g/mol. The Bertz CT molecular complexity index is 1250. The van der Waals surface area contributed by atoms with E-state index in [1.54, 1.807) is 0 Å². The molecule has 2 aromatic rings. The Hall–Kier alpha value is -2.70. The van der Waals surface area contributed by atoms with E-state index in [1.165, 1.54) is 24.3 Å². The van der Waals surface area contributed by atoms with E-state index >= 15 is 0 Å². The average molecular weight is 526 g/mol. The SMILES string of the molecule is CC1CCN(c2nc(-c3ccc(C(F)(F)F)cc3)ccc2C(=O)NS(=O)(=O)N2CC[C@H](N)C2)C1(C)C. The summed E-state index contributed by atoms with van der Waals surface area (Å²) in [5.74, 6) is -0.278. The first-order chi connectivity index (χ1) is 16.7. The van der Waals surface area contributed by atoms with Crippen molar-refractivity contribution in [2.24, 2.45) is 11.7 Å². The van der Waals surface area contributed by atoms with Gasteiger partial charge in [-0.05, 0) is 56.9 Å². The Kier molecular flexibility index (Phi) is 6.82. The minimum absolute atomic E-state index is 0.0694. The molecule has 3 N–H and O–H groups in total. The summed E-state index contributed by atoms with van der Waals surface area (Å²) in [5.41, 5.74) is 5.55. The molecule has 0 aliphatic carbocycles. The van der Waals surface area contributed by atoms with Gasteiger partial charge in [-0.2, -0.15) is 25.9 Å². The van der Waals surface area contributed by atoms with Crippen LogP contribution in [0.5, 0.6) is 0 Å². The van der Waals surface area contributed by atoms with E-state index in [-0.39, 0.29) is 42.0 Å². The number of nitrogens with two attached hydrogens (primary N) is 1. The van der Waals surface area contributed by atoms with E-state index < -0.39 is 27.9 Å². The van der Waals surface area contributed by atoms with Crippen molar-refractivity contribution in [1.29, 1.82) is 0 Å². The minimum atomic E-state index is -4.46. The van der Waals surface area contributed by atoms with Gasteiger partial charge in [0.1, 0.15) is 5.82 Å². The summed E-state index contributed by atoms with van der Waals surface area (Å²) in [5, 5.41) is 0. The molecule has 8 nitrogen and oxygen atoms in total. The van der Waals surface area contributed by atoms with Crippen LogP contribution in [0.4, 0.5) is 19.0 Å². The lowest BCUT2D eigenvalue weighted by Crippen LogP contribution is -2.45. The van der Waals surface area contributed by atoms with Crippen LogP contribution < -0.4 is 15.4 Å². The first-order valence-electron chi connectivity index (χ1n) is 11.7. The summed E-state index contributed by atoms with van der Waals surface area (Å²) in [7, 11) is -4.10. The number of anilines is 1. The number of rotatable bonds is 5. The van der Waals surface area contributed by atoms with Gasteiger partial charge in [0.05, 0.1) is 16.8 Å². The maximum Gasteiger partial charge on any atom is 0.416 e. The van der Waals surface area contributed by atoms with E-state index in [9.17, 15) is 26.4 Å². The Morgan fingerprint density at radius 2 is 1.78 bits per heavy atom. The molecule has 0 spiro atoms. The molecule has 0 bridgehead atoms. The number of benzene rings is 1. The zero-order valence-electron chi connectivity index (χ0n) is 20.3. The molecule has 1 aromatic heterocycles. The van der Waals surface area contributed by atoms with Crippen molar-refractivity contribution in [1.82, 2.24) is 14.0 Å². The van der Waals surface area contributed by atoms with Crippen molar-refractivity contribution in [3.63, 3.8) is 0 Å². The molecule has 12 heteroatoms. The van der Waals surface area contributed by atoms with E-state index in [0.29, 0.717) is 24.2 Å². The molecule has 2 aliphatic heterocycles. The van der Waals surface area contributed by atoms with Crippen LogP contribution in [0.25, 0.3) is 11.3 Å². The second kappa shape index (κ2) is 9.31. The zero-order valence-corrected chi connectivity index (χ0v) is 21.2. The van der Waals surface area contributed by atoms with Crippen LogP contribution in [0.15, 0.2) is 36.4 Å². The second-order valence-electron chi connectivity index (χ2n) is 9.98. The standard InChI is InChI=1S/C24H30F3N5O3S/c1-15-10-13-32(23(15,2)3)21-19(22(33)30-36(34,35)31-12-11-18(28)14-31)8-9-20(29-21)16-4-6-17(7-5-16)24(25,26)27/h4-9,15,18H,10-14,28H2,1-3H3,(H,30,33)/t15?,18-/m0/s1. The van der Waals surface area contributed by atoms with E-state index in [2.05, 4.69) is 16.6 Å². The summed E-state index contributed by atoms with van der Waals surface area (Å²) in [6.07, 6.45) is -3.12. The van der Waals surface area contributed by atoms with Crippen molar-refractivity contribution in [3.05, 3.63) is 47.5 Å². The van der Waals surface area contributed by atoms with Crippen LogP contribution in [-0.4, -0.2) is 54.8 Å². The van der Waals surface area contributed by atoms with Crippen LogP contribution in [0.3, 0.4) is 0 Å². The molecule has 4 rings (SSSR count). The van der Waals surface area contributed by atoms with Crippen LogP contribution in [0.1, 0.15) is 49.5 Å². The van der Waals surface area contributed by atoms with Crippen LogP contribution in [0.2, 0.25) is 0 Å². The minimum Gasteiger partial charge on any atom is -0.351 e. The largest absolute Gasteiger partial charge is 0.416 e. The lowest BCUT2D eigenvalue weighted by atomic mass is 9.90. The molecule has 0 saturated carbocycles. The molecule has 2 aliphatic rings. The Morgan fingerprint density at radius 3 is 2.31 bits per heavy atom. The topological polar surface area (TPSA) is 109 Å². The Labute approximate surface area is 208 Å². The number of nitrogens with one attached hydrogen (secondary N) is 1. The number of nitrogens with zero attached hydrogens (tertiary/aromatic N) is 3. The molecule has 196 valence electrons. The van der Waals surface area contributed by atoms with Crippen molar-refractivity contribution < 1.29 is 26.4 Å². The zero-order chi connectivity index (χ0) is 26.5. The van der Waals surface area contributed by atoms with Crippen LogP contribution >= 0.6 is 0 Å². The van der Waals surface area contributed by atoms with Crippen molar-refractivity contribution in [3.8, 4) is 11.3 Å². The fourth-order valence-electron chi connectivity index (χ4n) is 4.64. The van der Waals surface area contributed by atoms with Crippen LogP contribution in [0, 0.1) is 5.92 Å². The molecule has 3 heterocycles. The van der Waals surface area contributed by atoms with Gasteiger partial charge < -0.3 is 10.6 Å². The van der Waals surface area contributed by atoms with E-state index in [4.69, 9.17) is 5.73 Å². The third-order valence-corrected chi connectivity index (χ3v) is 8.77. The van der Waals surface area contributed by atoms with E-state index in [0.717, 1.165) is 22.9 Å². The predicted octanol–water partition coefficient (Wildman–Crippen LogP) is 3.40. The van der Waals surface area contributed by atoms with Gasteiger partial charge >= 0.3 is 16.4 Å². The molecule has 0 radical (unpaired) electrons. The second-order valence-corrected chi connectivity index (χ2v) is 11.7. The molecular formula is C24H30F3N5O3S. The monoisotopic (exact) mass is 525 g/mol. The number of carbonyl (C=O) groups is 1. The number of pyridine rings is 1. The van der Waals surface area contributed by atoms with Gasteiger partial charge in [-0.3, -0.25) is 4.79 Å². The maximum absolute atomic E-state index is 13.2. The van der Waals surface area contributed by atoms with Gasteiger partial charge in [-0.1, -0.05) is 19.1 Å². The van der Waals surface area contributed by atoms with Gasteiger partial charge in [-0.15, -0.1) is 0 Å². The summed E-state index contributed by atoms with van der Waals surface area (Å²) in [4.78, 5) is 19.9. The van der Waals surface area contributed by atoms with Gasteiger partial charge in [0.25, 0.3) is 5.91 Å². The smallest absolute Gasteiger partial charge is 0.351 e. The highest BCUT2D eigenvalue weighted by atomic mass is 32.2. The van der Waals surface area contributed by atoms with Crippen molar-refractivity contribution in [2.45, 2.75) is 51.4 Å². The highest BCUT2D eigenvalue weighted by Gasteiger charge is 2.41. The number of halogens is 3. The predicted molar refractivity (Wildman–Crippen MR) is 130 cm³/mol. The number of amides is 1. The molecule has 2 atom stereocenters. The molecule has 1 unspecified atom stereocenters. The van der Waals surface area contributed by atoms with Gasteiger partial charge in [0.15, 0.2) is 0 Å². The Balaban J connectivity index is 1.72. The molecule has 36 heavy (non-hydrogen) atoms.